The maximum atomic E-state index is 13.1. The molecule has 0 aliphatic carbocycles. The van der Waals surface area contributed by atoms with Crippen molar-refractivity contribution < 1.29 is 19.1 Å². The fourth-order valence-corrected chi connectivity index (χ4v) is 5.06. The van der Waals surface area contributed by atoms with E-state index < -0.39 is 17.2 Å². The highest BCUT2D eigenvalue weighted by Crippen LogP contribution is 2.33. The van der Waals surface area contributed by atoms with E-state index in [1.807, 2.05) is 13.0 Å². The van der Waals surface area contributed by atoms with Gasteiger partial charge in [-0.05, 0) is 42.7 Å². The molecule has 0 atom stereocenters. The van der Waals surface area contributed by atoms with Crippen molar-refractivity contribution in [3.63, 3.8) is 0 Å². The van der Waals surface area contributed by atoms with Crippen molar-refractivity contribution >= 4 is 46.1 Å². The summed E-state index contributed by atoms with van der Waals surface area (Å²) in [6.45, 7) is 3.61. The van der Waals surface area contributed by atoms with E-state index in [-0.39, 0.29) is 52.2 Å². The van der Waals surface area contributed by atoms with E-state index in [9.17, 15) is 29.1 Å². The minimum atomic E-state index is -0.627. The first-order valence-electron chi connectivity index (χ1n) is 11.1. The Kier molecular flexibility index (Phi) is 8.59. The molecule has 0 unspecified atom stereocenters. The summed E-state index contributed by atoms with van der Waals surface area (Å²) >= 11 is 6.39. The molecule has 1 saturated heterocycles. The molecule has 182 valence electrons. The van der Waals surface area contributed by atoms with Crippen LogP contribution >= 0.6 is 24.0 Å². The largest absolute Gasteiger partial charge is 0.494 e. The number of Topliss-reactive ketones (excluding diaryl/α,β-unsaturated/α-hetero) is 1. The van der Waals surface area contributed by atoms with Crippen LogP contribution in [0.25, 0.3) is 6.08 Å². The first-order chi connectivity index (χ1) is 16.7. The summed E-state index contributed by atoms with van der Waals surface area (Å²) in [6.07, 6.45) is 3.77. The molecule has 2 heterocycles. The second kappa shape index (κ2) is 11.4. The number of unbranched alkanes of at least 4 members (excludes halogenated alkanes) is 2. The van der Waals surface area contributed by atoms with Crippen LogP contribution in [0.5, 0.6) is 5.88 Å². The minimum Gasteiger partial charge on any atom is -0.494 e. The number of pyridine rings is 1. The van der Waals surface area contributed by atoms with E-state index >= 15 is 0 Å². The van der Waals surface area contributed by atoms with Crippen LogP contribution in [0.15, 0.2) is 34.0 Å². The van der Waals surface area contributed by atoms with Gasteiger partial charge in [-0.2, -0.15) is 5.26 Å². The lowest BCUT2D eigenvalue weighted by atomic mass is 9.99. The van der Waals surface area contributed by atoms with Gasteiger partial charge in [-0.25, -0.2) is 4.39 Å². The maximum Gasteiger partial charge on any atom is 0.271 e. The number of halogens is 1. The summed E-state index contributed by atoms with van der Waals surface area (Å²) in [5, 5.41) is 20.2. The standard InChI is InChI=1S/C25H24FN3O4S2/c1-3-4-5-11-28-22(31)18(14-27)15(2)21(24(28)33)19(30)10-12-29-23(32)20(35-25(29)34)13-16-6-8-17(26)9-7-16/h6-9,13,33H,3-5,10-12H2,1-2H3/b20-13-. The molecule has 1 aliphatic heterocycles. The second-order valence-electron chi connectivity index (χ2n) is 8.03. The summed E-state index contributed by atoms with van der Waals surface area (Å²) in [4.78, 5) is 40.2. The van der Waals surface area contributed by atoms with Gasteiger partial charge in [0.2, 0.25) is 5.88 Å². The molecule has 35 heavy (non-hydrogen) atoms. The normalized spacial score (nSPS) is 14.6. The number of amides is 1. The number of hydrogen-bond donors (Lipinski definition) is 1. The van der Waals surface area contributed by atoms with E-state index in [0.29, 0.717) is 16.9 Å². The van der Waals surface area contributed by atoms with Crippen LogP contribution in [0.4, 0.5) is 4.39 Å². The molecular formula is C25H24FN3O4S2. The molecule has 7 nitrogen and oxygen atoms in total. The molecule has 1 aromatic heterocycles. The second-order valence-corrected chi connectivity index (χ2v) is 9.71. The van der Waals surface area contributed by atoms with Gasteiger partial charge in [-0.15, -0.1) is 0 Å². The van der Waals surface area contributed by atoms with Gasteiger partial charge in [0.25, 0.3) is 11.5 Å². The molecule has 1 amide bonds. The van der Waals surface area contributed by atoms with Crippen molar-refractivity contribution in [2.75, 3.05) is 6.54 Å². The Morgan fingerprint density at radius 1 is 1.23 bits per heavy atom. The molecule has 10 heteroatoms. The highest BCUT2D eigenvalue weighted by atomic mass is 32.2. The summed E-state index contributed by atoms with van der Waals surface area (Å²) < 4.78 is 14.5. The third kappa shape index (κ3) is 5.69. The predicted octanol–water partition coefficient (Wildman–Crippen LogP) is 4.54. The molecule has 1 aromatic carbocycles. The van der Waals surface area contributed by atoms with Gasteiger partial charge in [0.05, 0.1) is 10.5 Å². The Balaban J connectivity index is 1.81. The van der Waals surface area contributed by atoms with Crippen molar-refractivity contribution in [1.29, 1.82) is 5.26 Å². The van der Waals surface area contributed by atoms with Crippen molar-refractivity contribution in [2.45, 2.75) is 46.1 Å². The molecule has 1 fully saturated rings. The lowest BCUT2D eigenvalue weighted by Gasteiger charge is -2.17. The Labute approximate surface area is 211 Å². The number of nitriles is 1. The maximum absolute atomic E-state index is 13.1. The first kappa shape index (κ1) is 26.3. The zero-order valence-corrected chi connectivity index (χ0v) is 21.0. The number of aromatic nitrogens is 1. The number of nitrogens with zero attached hydrogens (tertiary/aromatic N) is 3. The highest BCUT2D eigenvalue weighted by Gasteiger charge is 2.33. The number of hydrogen-bond acceptors (Lipinski definition) is 7. The van der Waals surface area contributed by atoms with Crippen LogP contribution in [0, 0.1) is 24.1 Å². The molecule has 0 spiro atoms. The number of thiocarbonyl (C=S) groups is 1. The third-order valence-electron chi connectivity index (χ3n) is 5.67. The van der Waals surface area contributed by atoms with Gasteiger partial charge in [0.15, 0.2) is 5.78 Å². The van der Waals surface area contributed by atoms with Crippen LogP contribution in [-0.4, -0.2) is 37.1 Å². The number of thioether (sulfide) groups is 1. The van der Waals surface area contributed by atoms with Crippen LogP contribution in [0.1, 0.15) is 59.7 Å². The van der Waals surface area contributed by atoms with E-state index in [1.165, 1.54) is 24.0 Å². The number of benzene rings is 1. The average Bonchev–Trinajstić information content (AvgIpc) is 3.08. The van der Waals surface area contributed by atoms with Crippen molar-refractivity contribution in [1.82, 2.24) is 9.47 Å². The molecule has 0 bridgehead atoms. The zero-order valence-electron chi connectivity index (χ0n) is 19.3. The molecule has 0 saturated carbocycles. The smallest absolute Gasteiger partial charge is 0.271 e. The lowest BCUT2D eigenvalue weighted by molar-refractivity contribution is -0.122. The lowest BCUT2D eigenvalue weighted by Crippen LogP contribution is -2.31. The molecule has 3 rings (SSSR count). The van der Waals surface area contributed by atoms with Crippen LogP contribution in [0.2, 0.25) is 0 Å². The van der Waals surface area contributed by atoms with E-state index in [2.05, 4.69) is 0 Å². The first-order valence-corrected chi connectivity index (χ1v) is 12.3. The molecule has 2 aromatic rings. The van der Waals surface area contributed by atoms with Gasteiger partial charge < -0.3 is 5.11 Å². The van der Waals surface area contributed by atoms with Gasteiger partial charge in [0.1, 0.15) is 21.8 Å². The van der Waals surface area contributed by atoms with E-state index in [0.717, 1.165) is 29.2 Å². The fourth-order valence-electron chi connectivity index (χ4n) is 3.75. The fraction of sp³-hybridized carbons (Fsp3) is 0.320. The molecule has 1 aliphatic rings. The van der Waals surface area contributed by atoms with Crippen LogP contribution in [-0.2, 0) is 11.3 Å². The number of carbonyl (C=O) groups is 2. The van der Waals surface area contributed by atoms with Crippen molar-refractivity contribution in [3.05, 3.63) is 67.6 Å². The predicted molar refractivity (Wildman–Crippen MR) is 137 cm³/mol. The third-order valence-corrected chi connectivity index (χ3v) is 7.05. The summed E-state index contributed by atoms with van der Waals surface area (Å²) in [7, 11) is 0. The Morgan fingerprint density at radius 3 is 2.54 bits per heavy atom. The number of rotatable bonds is 9. The Bertz CT molecular complexity index is 1310. The number of carbonyl (C=O) groups excluding carboxylic acids is 2. The zero-order chi connectivity index (χ0) is 25.7. The van der Waals surface area contributed by atoms with Gasteiger partial charge in [0, 0.05) is 19.5 Å². The summed E-state index contributed by atoms with van der Waals surface area (Å²) in [5.41, 5.74) is -0.148. The molecular weight excluding hydrogens is 489 g/mol. The SMILES string of the molecule is CCCCCn1c(O)c(C(=O)CCN2C(=O)/C(=C/c3ccc(F)cc3)SC2=S)c(C)c(C#N)c1=O. The van der Waals surface area contributed by atoms with Crippen LogP contribution in [0.3, 0.4) is 0 Å². The average molecular weight is 514 g/mol. The molecule has 1 N–H and O–H groups in total. The van der Waals surface area contributed by atoms with E-state index in [1.54, 1.807) is 18.2 Å². The van der Waals surface area contributed by atoms with Gasteiger partial charge in [-0.3, -0.25) is 23.9 Å². The van der Waals surface area contributed by atoms with E-state index in [4.69, 9.17) is 12.2 Å². The van der Waals surface area contributed by atoms with Gasteiger partial charge >= 0.3 is 0 Å². The number of ketones is 1. The molecule has 0 radical (unpaired) electrons. The van der Waals surface area contributed by atoms with Crippen LogP contribution < -0.4 is 5.56 Å². The van der Waals surface area contributed by atoms with Crippen molar-refractivity contribution in [2.24, 2.45) is 0 Å². The monoisotopic (exact) mass is 513 g/mol. The topological polar surface area (TPSA) is 103 Å². The summed E-state index contributed by atoms with van der Waals surface area (Å²) in [6, 6.07) is 7.50. The Hall–Kier alpha value is -3.29. The summed E-state index contributed by atoms with van der Waals surface area (Å²) in [5.74, 6) is -1.73. The Morgan fingerprint density at radius 2 is 1.91 bits per heavy atom. The highest BCUT2D eigenvalue weighted by molar-refractivity contribution is 8.26. The van der Waals surface area contributed by atoms with Crippen molar-refractivity contribution in [3.8, 4) is 11.9 Å². The van der Waals surface area contributed by atoms with Gasteiger partial charge in [-0.1, -0.05) is 55.9 Å². The number of aromatic hydroxyl groups is 1. The minimum absolute atomic E-state index is 0.0278. The quantitative estimate of drug-likeness (QED) is 0.227.